The first-order valence-electron chi connectivity index (χ1n) is 8.84. The number of aryl methyl sites for hydroxylation is 1. The standard InChI is InChI=1S/C20H27N3O2/c1-13-11-22-12-15-6-5-7-16(18(13)15)14-8-9-23(17(21)10-14)19(24)25-20(2,3)4/h5-7,11-12,14,17H,8-10,21H2,1-4H3. The third kappa shape index (κ3) is 3.76. The fourth-order valence-corrected chi connectivity index (χ4v) is 3.61. The lowest BCUT2D eigenvalue weighted by Crippen LogP contribution is -2.51. The largest absolute Gasteiger partial charge is 0.444 e. The second-order valence-corrected chi connectivity index (χ2v) is 7.86. The summed E-state index contributed by atoms with van der Waals surface area (Å²) < 4.78 is 5.48. The van der Waals surface area contributed by atoms with Crippen LogP contribution in [0.1, 0.15) is 50.7 Å². The molecule has 1 amide bonds. The van der Waals surface area contributed by atoms with Gasteiger partial charge in [-0.15, -0.1) is 0 Å². The van der Waals surface area contributed by atoms with E-state index in [-0.39, 0.29) is 12.3 Å². The summed E-state index contributed by atoms with van der Waals surface area (Å²) in [6.45, 7) is 8.32. The molecule has 2 atom stereocenters. The molecule has 0 radical (unpaired) electrons. The van der Waals surface area contributed by atoms with Crippen molar-refractivity contribution in [2.45, 2.75) is 58.2 Å². The van der Waals surface area contributed by atoms with E-state index >= 15 is 0 Å². The number of hydrogen-bond acceptors (Lipinski definition) is 4. The quantitative estimate of drug-likeness (QED) is 0.853. The van der Waals surface area contributed by atoms with E-state index in [1.165, 1.54) is 16.5 Å². The lowest BCUT2D eigenvalue weighted by Gasteiger charge is -2.38. The average Bonchev–Trinajstić information content (AvgIpc) is 2.52. The van der Waals surface area contributed by atoms with Gasteiger partial charge in [0.25, 0.3) is 0 Å². The molecule has 1 saturated heterocycles. The second-order valence-electron chi connectivity index (χ2n) is 7.86. The van der Waals surface area contributed by atoms with Crippen LogP contribution in [0.2, 0.25) is 0 Å². The Morgan fingerprint density at radius 3 is 2.76 bits per heavy atom. The minimum absolute atomic E-state index is 0.322. The van der Waals surface area contributed by atoms with Gasteiger partial charge in [-0.05, 0) is 63.0 Å². The van der Waals surface area contributed by atoms with Gasteiger partial charge in [-0.1, -0.05) is 18.2 Å². The van der Waals surface area contributed by atoms with Crippen molar-refractivity contribution in [3.05, 3.63) is 41.7 Å². The highest BCUT2D eigenvalue weighted by atomic mass is 16.6. The first kappa shape index (κ1) is 17.7. The maximum Gasteiger partial charge on any atom is 0.411 e. The van der Waals surface area contributed by atoms with Crippen LogP contribution >= 0.6 is 0 Å². The van der Waals surface area contributed by atoms with Gasteiger partial charge in [-0.2, -0.15) is 0 Å². The highest BCUT2D eigenvalue weighted by molar-refractivity contribution is 5.88. The Hall–Kier alpha value is -2.14. The number of nitrogens with zero attached hydrogens (tertiary/aromatic N) is 2. The summed E-state index contributed by atoms with van der Waals surface area (Å²) in [6.07, 6.45) is 4.78. The zero-order valence-electron chi connectivity index (χ0n) is 15.5. The molecule has 5 heteroatoms. The fraction of sp³-hybridized carbons (Fsp3) is 0.500. The molecule has 5 nitrogen and oxygen atoms in total. The highest BCUT2D eigenvalue weighted by Gasteiger charge is 2.33. The van der Waals surface area contributed by atoms with Crippen molar-refractivity contribution in [2.75, 3.05) is 6.54 Å². The van der Waals surface area contributed by atoms with E-state index in [0.717, 1.165) is 18.2 Å². The molecule has 0 saturated carbocycles. The minimum atomic E-state index is -0.507. The van der Waals surface area contributed by atoms with E-state index in [1.807, 2.05) is 33.2 Å². The van der Waals surface area contributed by atoms with E-state index in [9.17, 15) is 4.79 Å². The molecule has 1 aliphatic heterocycles. The molecule has 2 aromatic rings. The summed E-state index contributed by atoms with van der Waals surface area (Å²) in [5.74, 6) is 0.332. The smallest absolute Gasteiger partial charge is 0.411 e. The van der Waals surface area contributed by atoms with Crippen molar-refractivity contribution in [3.8, 4) is 0 Å². The molecular weight excluding hydrogens is 314 g/mol. The number of likely N-dealkylation sites (tertiary alicyclic amines) is 1. The molecule has 1 aromatic carbocycles. The zero-order valence-corrected chi connectivity index (χ0v) is 15.5. The lowest BCUT2D eigenvalue weighted by molar-refractivity contribution is 0.00893. The normalized spacial score (nSPS) is 21.4. The Morgan fingerprint density at radius 2 is 2.08 bits per heavy atom. The van der Waals surface area contributed by atoms with Crippen molar-refractivity contribution in [3.63, 3.8) is 0 Å². The molecular formula is C20H27N3O2. The van der Waals surface area contributed by atoms with Gasteiger partial charge in [0.2, 0.25) is 0 Å². The Bertz CT molecular complexity index is 777. The average molecular weight is 341 g/mol. The van der Waals surface area contributed by atoms with Crippen LogP contribution in [-0.2, 0) is 4.74 Å². The van der Waals surface area contributed by atoms with Gasteiger partial charge in [0, 0.05) is 24.3 Å². The van der Waals surface area contributed by atoms with Crippen LogP contribution in [0.3, 0.4) is 0 Å². The van der Waals surface area contributed by atoms with Gasteiger partial charge < -0.3 is 10.5 Å². The predicted octanol–water partition coefficient (Wildman–Crippen LogP) is 3.94. The van der Waals surface area contributed by atoms with E-state index < -0.39 is 5.60 Å². The number of fused-ring (bicyclic) bond motifs is 1. The number of carbonyl (C=O) groups excluding carboxylic acids is 1. The molecule has 0 spiro atoms. The number of aromatic nitrogens is 1. The number of piperidine rings is 1. The molecule has 3 rings (SSSR count). The van der Waals surface area contributed by atoms with Gasteiger partial charge >= 0.3 is 6.09 Å². The third-order valence-electron chi connectivity index (χ3n) is 4.72. The Labute approximate surface area is 149 Å². The van der Waals surface area contributed by atoms with Gasteiger partial charge in [0.1, 0.15) is 5.60 Å². The highest BCUT2D eigenvalue weighted by Crippen LogP contribution is 2.35. The predicted molar refractivity (Wildman–Crippen MR) is 99.4 cm³/mol. The summed E-state index contributed by atoms with van der Waals surface area (Å²) >= 11 is 0. The molecule has 2 unspecified atom stereocenters. The van der Waals surface area contributed by atoms with Crippen molar-refractivity contribution in [1.82, 2.24) is 9.88 Å². The molecule has 1 fully saturated rings. The maximum atomic E-state index is 12.3. The van der Waals surface area contributed by atoms with Crippen LogP contribution in [0, 0.1) is 6.92 Å². The monoisotopic (exact) mass is 341 g/mol. The SMILES string of the molecule is Cc1cncc2cccc(C3CCN(C(=O)OC(C)(C)C)C(N)C3)c12. The van der Waals surface area contributed by atoms with Crippen molar-refractivity contribution < 1.29 is 9.53 Å². The number of carbonyl (C=O) groups is 1. The Kier molecular flexibility index (Phi) is 4.69. The van der Waals surface area contributed by atoms with Crippen LogP contribution in [0.5, 0.6) is 0 Å². The van der Waals surface area contributed by atoms with Crippen LogP contribution < -0.4 is 5.73 Å². The van der Waals surface area contributed by atoms with Gasteiger partial charge in [0.15, 0.2) is 0 Å². The number of hydrogen-bond donors (Lipinski definition) is 1. The van der Waals surface area contributed by atoms with E-state index in [0.29, 0.717) is 12.5 Å². The number of ether oxygens (including phenoxy) is 1. The maximum absolute atomic E-state index is 12.3. The molecule has 25 heavy (non-hydrogen) atoms. The van der Waals surface area contributed by atoms with Crippen LogP contribution in [0.25, 0.3) is 10.8 Å². The summed E-state index contributed by atoms with van der Waals surface area (Å²) in [5.41, 5.74) is 8.29. The topological polar surface area (TPSA) is 68.5 Å². The van der Waals surface area contributed by atoms with E-state index in [1.54, 1.807) is 4.90 Å². The Balaban J connectivity index is 1.81. The first-order chi connectivity index (χ1) is 11.8. The van der Waals surface area contributed by atoms with Crippen LogP contribution in [-0.4, -0.2) is 34.3 Å². The van der Waals surface area contributed by atoms with Gasteiger partial charge in [0.05, 0.1) is 6.17 Å². The number of pyridine rings is 1. The fourth-order valence-electron chi connectivity index (χ4n) is 3.61. The molecule has 2 heterocycles. The summed E-state index contributed by atoms with van der Waals surface area (Å²) in [5, 5.41) is 2.42. The van der Waals surface area contributed by atoms with Gasteiger partial charge in [-0.25, -0.2) is 4.79 Å². The van der Waals surface area contributed by atoms with Crippen molar-refractivity contribution >= 4 is 16.9 Å². The molecule has 0 bridgehead atoms. The number of benzene rings is 1. The zero-order chi connectivity index (χ0) is 18.2. The third-order valence-corrected chi connectivity index (χ3v) is 4.72. The lowest BCUT2D eigenvalue weighted by atomic mass is 9.84. The van der Waals surface area contributed by atoms with E-state index in [2.05, 4.69) is 30.1 Å². The first-order valence-corrected chi connectivity index (χ1v) is 8.84. The molecule has 0 aliphatic carbocycles. The number of nitrogens with two attached hydrogens (primary N) is 1. The van der Waals surface area contributed by atoms with Crippen LogP contribution in [0.4, 0.5) is 4.79 Å². The van der Waals surface area contributed by atoms with Crippen LogP contribution in [0.15, 0.2) is 30.6 Å². The summed E-state index contributed by atoms with van der Waals surface area (Å²) in [6, 6.07) is 6.34. The van der Waals surface area contributed by atoms with Gasteiger partial charge in [-0.3, -0.25) is 9.88 Å². The summed E-state index contributed by atoms with van der Waals surface area (Å²) in [4.78, 5) is 18.3. The molecule has 1 aromatic heterocycles. The Morgan fingerprint density at radius 1 is 1.32 bits per heavy atom. The second kappa shape index (κ2) is 6.64. The molecule has 134 valence electrons. The van der Waals surface area contributed by atoms with Crippen molar-refractivity contribution in [1.29, 1.82) is 0 Å². The molecule has 2 N–H and O–H groups in total. The molecule has 1 aliphatic rings. The minimum Gasteiger partial charge on any atom is -0.444 e. The number of rotatable bonds is 1. The summed E-state index contributed by atoms with van der Waals surface area (Å²) in [7, 11) is 0. The number of amides is 1. The van der Waals surface area contributed by atoms with E-state index in [4.69, 9.17) is 10.5 Å². The van der Waals surface area contributed by atoms with Crippen molar-refractivity contribution in [2.24, 2.45) is 5.73 Å².